The van der Waals surface area contributed by atoms with Crippen LogP contribution in [0, 0.1) is 10.1 Å². The first-order valence-corrected chi connectivity index (χ1v) is 10.7. The smallest absolute Gasteiger partial charge is 0.343 e. The molecule has 0 unspecified atom stereocenters. The van der Waals surface area contributed by atoms with Crippen LogP contribution in [0.2, 0.25) is 0 Å². The Balaban J connectivity index is 1.52. The highest BCUT2D eigenvalue weighted by Gasteiger charge is 2.24. The summed E-state index contributed by atoms with van der Waals surface area (Å²) in [5.74, 6) is -0.647. The normalized spacial score (nSPS) is 15.3. The maximum Gasteiger partial charge on any atom is 0.343 e. The van der Waals surface area contributed by atoms with Gasteiger partial charge in [0.05, 0.1) is 28.2 Å². The van der Waals surface area contributed by atoms with E-state index in [0.29, 0.717) is 15.6 Å². The van der Waals surface area contributed by atoms with Gasteiger partial charge in [-0.25, -0.2) is 9.79 Å². The Morgan fingerprint density at radius 3 is 2.59 bits per heavy atom. The number of amides is 1. The van der Waals surface area contributed by atoms with Gasteiger partial charge in [-0.2, -0.15) is 0 Å². The van der Waals surface area contributed by atoms with Crippen molar-refractivity contribution in [3.05, 3.63) is 98.9 Å². The zero-order valence-corrected chi connectivity index (χ0v) is 18.6. The first-order chi connectivity index (χ1) is 16.4. The molecule has 34 heavy (non-hydrogen) atoms. The molecule has 1 fully saturated rings. The number of benzene rings is 3. The number of non-ortho nitro benzene ring substituents is 1. The molecule has 1 amide bonds. The van der Waals surface area contributed by atoms with E-state index in [1.165, 1.54) is 43.1 Å². The van der Waals surface area contributed by atoms with Gasteiger partial charge in [0.1, 0.15) is 0 Å². The van der Waals surface area contributed by atoms with Gasteiger partial charge in [0, 0.05) is 12.1 Å². The van der Waals surface area contributed by atoms with Crippen molar-refractivity contribution in [3.63, 3.8) is 0 Å². The molecule has 0 aliphatic carbocycles. The van der Waals surface area contributed by atoms with Crippen LogP contribution in [0.25, 0.3) is 6.08 Å². The number of para-hydroxylation sites is 1. The third kappa shape index (κ3) is 5.30. The minimum Gasteiger partial charge on any atom is -0.493 e. The number of nitrogens with one attached hydrogen (secondary N) is 1. The number of rotatable bonds is 6. The lowest BCUT2D eigenvalue weighted by molar-refractivity contribution is -0.384. The summed E-state index contributed by atoms with van der Waals surface area (Å²) in [6.45, 7) is 0. The van der Waals surface area contributed by atoms with Crippen LogP contribution in [0.15, 0.2) is 82.7 Å². The number of aliphatic imine (C=N–C) groups is 1. The van der Waals surface area contributed by atoms with Gasteiger partial charge in [0.2, 0.25) is 0 Å². The fraction of sp³-hybridized carbons (Fsp3) is 0.0417. The number of thioether (sulfide) groups is 1. The minimum absolute atomic E-state index is 0.0340. The van der Waals surface area contributed by atoms with Crippen molar-refractivity contribution in [1.29, 1.82) is 0 Å². The average Bonchev–Trinajstić information content (AvgIpc) is 3.18. The number of carbonyl (C=O) groups excluding carboxylic acids is 2. The lowest BCUT2D eigenvalue weighted by atomic mass is 10.1. The molecule has 170 valence electrons. The number of amidine groups is 1. The van der Waals surface area contributed by atoms with E-state index in [9.17, 15) is 19.7 Å². The van der Waals surface area contributed by atoms with Crippen LogP contribution in [0.5, 0.6) is 11.5 Å². The average molecular weight is 475 g/mol. The fourth-order valence-corrected chi connectivity index (χ4v) is 3.86. The molecular weight excluding hydrogens is 458 g/mol. The predicted octanol–water partition coefficient (Wildman–Crippen LogP) is 4.71. The molecule has 0 saturated carbocycles. The Kier molecular flexibility index (Phi) is 6.69. The second-order valence-electron chi connectivity index (χ2n) is 6.92. The molecule has 0 atom stereocenters. The standard InChI is InChI=1S/C24H17N3O6S/c1-32-20-12-15(13-21-22(28)26-24(34-21)25-17-7-3-2-4-8-17)10-11-19(20)33-23(29)16-6-5-9-18(14-16)27(30)31/h2-14H,1H3,(H,25,26,28)/b21-13+. The fourth-order valence-electron chi connectivity index (χ4n) is 3.02. The molecule has 1 heterocycles. The van der Waals surface area contributed by atoms with Crippen molar-refractivity contribution in [2.45, 2.75) is 0 Å². The van der Waals surface area contributed by atoms with E-state index >= 15 is 0 Å². The van der Waals surface area contributed by atoms with Gasteiger partial charge in [-0.3, -0.25) is 14.9 Å². The summed E-state index contributed by atoms with van der Waals surface area (Å²) in [5.41, 5.74) is 1.19. The molecule has 0 spiro atoms. The molecule has 0 aromatic heterocycles. The van der Waals surface area contributed by atoms with Crippen molar-refractivity contribution in [2.24, 2.45) is 4.99 Å². The SMILES string of the molecule is COc1cc(/C=C2/SC(=Nc3ccccc3)NC2=O)ccc1OC(=O)c1cccc([N+](=O)[O-])c1. The van der Waals surface area contributed by atoms with E-state index in [-0.39, 0.29) is 28.7 Å². The highest BCUT2D eigenvalue weighted by atomic mass is 32.2. The Hall–Kier alpha value is -4.44. The summed E-state index contributed by atoms with van der Waals surface area (Å²) < 4.78 is 10.7. The minimum atomic E-state index is -0.763. The van der Waals surface area contributed by atoms with Crippen LogP contribution in [0.1, 0.15) is 15.9 Å². The van der Waals surface area contributed by atoms with Crippen molar-refractivity contribution in [2.75, 3.05) is 7.11 Å². The Bertz CT molecular complexity index is 1340. The molecule has 0 bridgehead atoms. The Labute approximate surface area is 198 Å². The topological polar surface area (TPSA) is 120 Å². The van der Waals surface area contributed by atoms with Crippen molar-refractivity contribution in [1.82, 2.24) is 5.32 Å². The Morgan fingerprint density at radius 2 is 1.85 bits per heavy atom. The van der Waals surface area contributed by atoms with E-state index in [0.717, 1.165) is 11.8 Å². The van der Waals surface area contributed by atoms with E-state index in [4.69, 9.17) is 9.47 Å². The molecule has 9 nitrogen and oxygen atoms in total. The number of carbonyl (C=O) groups is 2. The molecule has 3 aromatic carbocycles. The second-order valence-corrected chi connectivity index (χ2v) is 7.96. The molecule has 1 aliphatic heterocycles. The zero-order chi connectivity index (χ0) is 24.1. The second kappa shape index (κ2) is 10.0. The number of ether oxygens (including phenoxy) is 2. The number of hydrogen-bond donors (Lipinski definition) is 1. The number of nitro benzene ring substituents is 1. The Morgan fingerprint density at radius 1 is 1.06 bits per heavy atom. The van der Waals surface area contributed by atoms with Crippen molar-refractivity contribution in [3.8, 4) is 11.5 Å². The molecule has 10 heteroatoms. The van der Waals surface area contributed by atoms with Gasteiger partial charge in [-0.05, 0) is 53.7 Å². The van der Waals surface area contributed by atoms with Crippen LogP contribution in [-0.4, -0.2) is 29.1 Å². The monoisotopic (exact) mass is 475 g/mol. The number of nitrogens with zero attached hydrogens (tertiary/aromatic N) is 2. The lowest BCUT2D eigenvalue weighted by Gasteiger charge is -2.10. The van der Waals surface area contributed by atoms with Crippen LogP contribution >= 0.6 is 11.8 Å². The first kappa shape index (κ1) is 22.7. The molecule has 0 radical (unpaired) electrons. The summed E-state index contributed by atoms with van der Waals surface area (Å²) in [6, 6.07) is 19.3. The van der Waals surface area contributed by atoms with Gasteiger partial charge < -0.3 is 14.8 Å². The third-order valence-electron chi connectivity index (χ3n) is 4.62. The molecule has 1 N–H and O–H groups in total. The van der Waals surface area contributed by atoms with Crippen LogP contribution in [0.3, 0.4) is 0 Å². The maximum atomic E-state index is 12.5. The quantitative estimate of drug-likeness (QED) is 0.180. The molecule has 4 rings (SSSR count). The van der Waals surface area contributed by atoms with Gasteiger partial charge in [-0.15, -0.1) is 0 Å². The number of hydrogen-bond acceptors (Lipinski definition) is 8. The van der Waals surface area contributed by atoms with Gasteiger partial charge >= 0.3 is 5.97 Å². The maximum absolute atomic E-state index is 12.5. The zero-order valence-electron chi connectivity index (χ0n) is 17.8. The van der Waals surface area contributed by atoms with Gasteiger partial charge in [0.15, 0.2) is 16.7 Å². The number of methoxy groups -OCH3 is 1. The van der Waals surface area contributed by atoms with Gasteiger partial charge in [0.25, 0.3) is 11.6 Å². The summed E-state index contributed by atoms with van der Waals surface area (Å²) in [4.78, 5) is 40.0. The highest BCUT2D eigenvalue weighted by molar-refractivity contribution is 8.18. The highest BCUT2D eigenvalue weighted by Crippen LogP contribution is 2.33. The summed E-state index contributed by atoms with van der Waals surface area (Å²) in [5, 5.41) is 14.1. The van der Waals surface area contributed by atoms with E-state index in [2.05, 4.69) is 10.3 Å². The van der Waals surface area contributed by atoms with Crippen LogP contribution < -0.4 is 14.8 Å². The number of esters is 1. The van der Waals surface area contributed by atoms with E-state index in [1.807, 2.05) is 30.3 Å². The lowest BCUT2D eigenvalue weighted by Crippen LogP contribution is -2.19. The molecule has 3 aromatic rings. The predicted molar refractivity (Wildman–Crippen MR) is 128 cm³/mol. The van der Waals surface area contributed by atoms with Crippen LogP contribution in [0.4, 0.5) is 11.4 Å². The summed E-state index contributed by atoms with van der Waals surface area (Å²) in [6.07, 6.45) is 1.67. The van der Waals surface area contributed by atoms with E-state index < -0.39 is 10.9 Å². The first-order valence-electron chi connectivity index (χ1n) is 9.92. The van der Waals surface area contributed by atoms with Crippen molar-refractivity contribution < 1.29 is 24.0 Å². The third-order valence-corrected chi connectivity index (χ3v) is 5.53. The van der Waals surface area contributed by atoms with Gasteiger partial charge in [-0.1, -0.05) is 30.3 Å². The molecule has 1 saturated heterocycles. The summed E-state index contributed by atoms with van der Waals surface area (Å²) in [7, 11) is 1.42. The number of nitro groups is 1. The van der Waals surface area contributed by atoms with Crippen molar-refractivity contribution >= 4 is 46.3 Å². The largest absolute Gasteiger partial charge is 0.493 e. The summed E-state index contributed by atoms with van der Waals surface area (Å²) >= 11 is 1.21. The molecule has 1 aliphatic rings. The molecular formula is C24H17N3O6S. The van der Waals surface area contributed by atoms with E-state index in [1.54, 1.807) is 18.2 Å². The van der Waals surface area contributed by atoms with Crippen LogP contribution in [-0.2, 0) is 4.79 Å².